The van der Waals surface area contributed by atoms with E-state index in [4.69, 9.17) is 9.15 Å². The Morgan fingerprint density at radius 3 is 2.61 bits per heavy atom. The molecule has 1 amide bonds. The Bertz CT molecular complexity index is 696. The molecule has 1 aromatic heterocycles. The van der Waals surface area contributed by atoms with Gasteiger partial charge in [-0.1, -0.05) is 24.3 Å². The molecule has 0 aliphatic carbocycles. The summed E-state index contributed by atoms with van der Waals surface area (Å²) in [5.41, 5.74) is 1.48. The summed E-state index contributed by atoms with van der Waals surface area (Å²) >= 11 is 0. The maximum atomic E-state index is 12.1. The molecule has 23 heavy (non-hydrogen) atoms. The molecule has 5 nitrogen and oxygen atoms in total. The minimum atomic E-state index is -0.243. The quantitative estimate of drug-likeness (QED) is 0.861. The van der Waals surface area contributed by atoms with E-state index in [0.717, 1.165) is 25.0 Å². The van der Waals surface area contributed by atoms with E-state index >= 15 is 0 Å². The van der Waals surface area contributed by atoms with E-state index in [2.05, 4.69) is 5.32 Å². The number of carbonyl (C=O) groups excluding carboxylic acids is 2. The Kier molecular flexibility index (Phi) is 4.57. The molecule has 2 aromatic rings. The van der Waals surface area contributed by atoms with Gasteiger partial charge in [0.05, 0.1) is 6.10 Å². The van der Waals surface area contributed by atoms with Gasteiger partial charge in [-0.05, 0) is 31.9 Å². The summed E-state index contributed by atoms with van der Waals surface area (Å²) in [6, 6.07) is 10.5. The van der Waals surface area contributed by atoms with E-state index in [1.54, 1.807) is 24.3 Å². The van der Waals surface area contributed by atoms with Crippen LogP contribution in [0.25, 0.3) is 11.3 Å². The van der Waals surface area contributed by atoms with Gasteiger partial charge in [0.1, 0.15) is 5.76 Å². The lowest BCUT2D eigenvalue weighted by atomic mass is 10.1. The molecule has 1 aliphatic heterocycles. The topological polar surface area (TPSA) is 68.5 Å². The third-order valence-electron chi connectivity index (χ3n) is 3.92. The van der Waals surface area contributed by atoms with Crippen LogP contribution in [-0.2, 0) is 4.74 Å². The van der Waals surface area contributed by atoms with Crippen LogP contribution in [0, 0.1) is 0 Å². The van der Waals surface area contributed by atoms with E-state index in [1.807, 2.05) is 12.1 Å². The molecule has 1 fully saturated rings. The molecule has 0 saturated carbocycles. The molecule has 0 unspecified atom stereocenters. The summed E-state index contributed by atoms with van der Waals surface area (Å²) < 4.78 is 11.1. The van der Waals surface area contributed by atoms with Crippen molar-refractivity contribution in [3.63, 3.8) is 0 Å². The second-order valence-electron chi connectivity index (χ2n) is 5.64. The third kappa shape index (κ3) is 3.68. The number of amides is 1. The van der Waals surface area contributed by atoms with Crippen molar-refractivity contribution >= 4 is 11.7 Å². The van der Waals surface area contributed by atoms with Crippen molar-refractivity contribution < 1.29 is 18.7 Å². The fourth-order valence-corrected chi connectivity index (χ4v) is 2.58. The van der Waals surface area contributed by atoms with Crippen LogP contribution < -0.4 is 5.32 Å². The highest BCUT2D eigenvalue weighted by atomic mass is 16.5. The number of benzene rings is 1. The number of nitrogens with one attached hydrogen (secondary N) is 1. The Labute approximate surface area is 134 Å². The first-order chi connectivity index (χ1) is 11.1. The van der Waals surface area contributed by atoms with Crippen LogP contribution in [0.4, 0.5) is 0 Å². The minimum Gasteiger partial charge on any atom is -0.451 e. The summed E-state index contributed by atoms with van der Waals surface area (Å²) in [6.07, 6.45) is 2.13. The number of carbonyl (C=O) groups is 2. The van der Waals surface area contributed by atoms with Crippen molar-refractivity contribution in [1.29, 1.82) is 0 Å². The number of hydrogen-bond acceptors (Lipinski definition) is 4. The van der Waals surface area contributed by atoms with Crippen LogP contribution in [0.5, 0.6) is 0 Å². The number of ketones is 1. The second kappa shape index (κ2) is 6.79. The summed E-state index contributed by atoms with van der Waals surface area (Å²) in [5.74, 6) is 0.647. The van der Waals surface area contributed by atoms with Crippen molar-refractivity contribution in [2.75, 3.05) is 13.2 Å². The molecule has 0 spiro atoms. The zero-order chi connectivity index (χ0) is 16.2. The van der Waals surface area contributed by atoms with Gasteiger partial charge in [0.25, 0.3) is 5.91 Å². The SMILES string of the molecule is CC(=O)c1ccc(-c2ccc(C(=O)NC[C@H]3CCCO3)o2)cc1. The monoisotopic (exact) mass is 313 g/mol. The first kappa shape index (κ1) is 15.5. The summed E-state index contributed by atoms with van der Waals surface area (Å²) in [6.45, 7) is 2.79. The lowest BCUT2D eigenvalue weighted by Crippen LogP contribution is -2.31. The molecule has 1 aromatic carbocycles. The van der Waals surface area contributed by atoms with Gasteiger partial charge in [0.15, 0.2) is 11.5 Å². The fraction of sp³-hybridized carbons (Fsp3) is 0.333. The summed E-state index contributed by atoms with van der Waals surface area (Å²) in [5, 5.41) is 2.83. The van der Waals surface area contributed by atoms with E-state index in [1.165, 1.54) is 6.92 Å². The lowest BCUT2D eigenvalue weighted by molar-refractivity contribution is 0.0836. The van der Waals surface area contributed by atoms with Crippen molar-refractivity contribution in [3.05, 3.63) is 47.7 Å². The van der Waals surface area contributed by atoms with E-state index in [9.17, 15) is 9.59 Å². The van der Waals surface area contributed by atoms with Crippen LogP contribution >= 0.6 is 0 Å². The molecule has 1 aliphatic rings. The fourth-order valence-electron chi connectivity index (χ4n) is 2.58. The Morgan fingerprint density at radius 1 is 1.17 bits per heavy atom. The maximum absolute atomic E-state index is 12.1. The molecule has 1 saturated heterocycles. The highest BCUT2D eigenvalue weighted by Crippen LogP contribution is 2.23. The molecule has 3 rings (SSSR count). The number of furan rings is 1. The Balaban J connectivity index is 1.64. The molecular weight excluding hydrogens is 294 g/mol. The number of ether oxygens (including phenoxy) is 1. The second-order valence-corrected chi connectivity index (χ2v) is 5.64. The molecule has 1 atom stereocenters. The predicted molar refractivity (Wildman–Crippen MR) is 85.5 cm³/mol. The van der Waals surface area contributed by atoms with Crippen LogP contribution in [0.15, 0.2) is 40.8 Å². The zero-order valence-corrected chi connectivity index (χ0v) is 13.0. The Morgan fingerprint density at radius 2 is 1.96 bits per heavy atom. The summed E-state index contributed by atoms with van der Waals surface area (Å²) in [4.78, 5) is 23.4. The average molecular weight is 313 g/mol. The largest absolute Gasteiger partial charge is 0.451 e. The van der Waals surface area contributed by atoms with E-state index < -0.39 is 0 Å². The van der Waals surface area contributed by atoms with E-state index in [-0.39, 0.29) is 23.6 Å². The molecular formula is C18H19NO4. The smallest absolute Gasteiger partial charge is 0.287 e. The molecule has 1 N–H and O–H groups in total. The van der Waals surface area contributed by atoms with Gasteiger partial charge in [-0.2, -0.15) is 0 Å². The lowest BCUT2D eigenvalue weighted by Gasteiger charge is -2.09. The zero-order valence-electron chi connectivity index (χ0n) is 13.0. The highest BCUT2D eigenvalue weighted by molar-refractivity contribution is 5.94. The van der Waals surface area contributed by atoms with Gasteiger partial charge in [0, 0.05) is 24.3 Å². The third-order valence-corrected chi connectivity index (χ3v) is 3.92. The van der Waals surface area contributed by atoms with Gasteiger partial charge in [-0.15, -0.1) is 0 Å². The molecule has 120 valence electrons. The van der Waals surface area contributed by atoms with Crippen molar-refractivity contribution in [2.24, 2.45) is 0 Å². The standard InChI is InChI=1S/C18H19NO4/c1-12(20)13-4-6-14(7-5-13)16-8-9-17(23-16)18(21)19-11-15-3-2-10-22-15/h4-9,15H,2-3,10-11H2,1H3,(H,19,21)/t15-/m1/s1. The van der Waals surface area contributed by atoms with Gasteiger partial charge in [-0.3, -0.25) is 9.59 Å². The Hall–Kier alpha value is -2.40. The van der Waals surface area contributed by atoms with Crippen LogP contribution in [0.2, 0.25) is 0 Å². The van der Waals surface area contributed by atoms with Crippen LogP contribution in [0.3, 0.4) is 0 Å². The van der Waals surface area contributed by atoms with Crippen molar-refractivity contribution in [2.45, 2.75) is 25.9 Å². The number of Topliss-reactive ketones (excluding diaryl/α,β-unsaturated/α-hetero) is 1. The maximum Gasteiger partial charge on any atom is 0.287 e. The van der Waals surface area contributed by atoms with Gasteiger partial charge >= 0.3 is 0 Å². The number of rotatable bonds is 5. The van der Waals surface area contributed by atoms with Crippen molar-refractivity contribution in [3.8, 4) is 11.3 Å². The molecule has 0 radical (unpaired) electrons. The van der Waals surface area contributed by atoms with Gasteiger partial charge in [-0.25, -0.2) is 0 Å². The first-order valence-electron chi connectivity index (χ1n) is 7.74. The number of hydrogen-bond donors (Lipinski definition) is 1. The first-order valence-corrected chi connectivity index (χ1v) is 7.74. The summed E-state index contributed by atoms with van der Waals surface area (Å²) in [7, 11) is 0. The van der Waals surface area contributed by atoms with Gasteiger partial charge in [0.2, 0.25) is 0 Å². The van der Waals surface area contributed by atoms with Gasteiger partial charge < -0.3 is 14.5 Å². The van der Waals surface area contributed by atoms with E-state index in [0.29, 0.717) is 17.9 Å². The highest BCUT2D eigenvalue weighted by Gasteiger charge is 2.18. The molecule has 5 heteroatoms. The normalized spacial score (nSPS) is 17.2. The average Bonchev–Trinajstić information content (AvgIpc) is 3.24. The predicted octanol–water partition coefficient (Wildman–Crippen LogP) is 3.06. The molecule has 2 heterocycles. The van der Waals surface area contributed by atoms with Crippen LogP contribution in [0.1, 0.15) is 40.7 Å². The van der Waals surface area contributed by atoms with Crippen LogP contribution in [-0.4, -0.2) is 30.9 Å². The molecule has 0 bridgehead atoms. The van der Waals surface area contributed by atoms with Crippen molar-refractivity contribution in [1.82, 2.24) is 5.32 Å². The minimum absolute atomic E-state index is 0.0187.